The van der Waals surface area contributed by atoms with Crippen molar-refractivity contribution in [3.05, 3.63) is 259 Å². The molecule has 0 aliphatic carbocycles. The van der Waals surface area contributed by atoms with Crippen molar-refractivity contribution in [2.24, 2.45) is 0 Å². The van der Waals surface area contributed by atoms with Crippen LogP contribution in [0.1, 0.15) is 5.56 Å². The molecule has 3 heterocycles. The van der Waals surface area contributed by atoms with Gasteiger partial charge in [-0.25, -0.2) is 24.6 Å². The van der Waals surface area contributed by atoms with Crippen LogP contribution in [0.5, 0.6) is 0 Å². The molecule has 0 atom stereocenters. The van der Waals surface area contributed by atoms with Crippen LogP contribution in [0.15, 0.2) is 231 Å². The summed E-state index contributed by atoms with van der Waals surface area (Å²) in [6.07, 6.45) is 0. The largest absolute Gasteiger partial charge is 0.309 e. The van der Waals surface area contributed by atoms with Crippen molar-refractivity contribution in [2.75, 3.05) is 0 Å². The minimum absolute atomic E-state index is 0.442. The quantitative estimate of drug-likeness (QED) is 0.142. The molecule has 0 saturated heterocycles. The molecule has 0 aliphatic heterocycles. The lowest BCUT2D eigenvalue weighted by Crippen LogP contribution is -2.03. The van der Waals surface area contributed by atoms with Crippen molar-refractivity contribution in [1.29, 1.82) is 5.26 Å². The maximum absolute atomic E-state index is 10.2. The summed E-state index contributed by atoms with van der Waals surface area (Å²) in [6.45, 7) is 15.6. The normalized spacial score (nSPS) is 11.2. The number of nitrogens with zero attached hydrogens (tertiary/aromatic N) is 8. The second kappa shape index (κ2) is 17.9. The molecule has 342 valence electrons. The average Bonchev–Trinajstić information content (AvgIpc) is 4.01. The van der Waals surface area contributed by atoms with Crippen LogP contribution in [-0.2, 0) is 0 Å². The van der Waals surface area contributed by atoms with Gasteiger partial charge in [0.25, 0.3) is 0 Å². The Morgan fingerprint density at radius 2 is 0.743 bits per heavy atom. The van der Waals surface area contributed by atoms with E-state index < -0.39 is 0 Å². The molecule has 10 aromatic carbocycles. The fourth-order valence-corrected chi connectivity index (χ4v) is 10.4. The first-order valence-corrected chi connectivity index (χ1v) is 24.1. The van der Waals surface area contributed by atoms with E-state index in [9.17, 15) is 5.26 Å². The number of fused-ring (bicyclic) bond motifs is 6. The van der Waals surface area contributed by atoms with E-state index in [1.807, 2.05) is 91.0 Å². The van der Waals surface area contributed by atoms with E-state index in [1.165, 1.54) is 0 Å². The smallest absolute Gasteiger partial charge is 0.187 e. The Hall–Kier alpha value is -10.7. The number of hydrogen-bond donors (Lipinski definition) is 0. The molecule has 0 spiro atoms. The Bertz CT molecular complexity index is 4190. The van der Waals surface area contributed by atoms with Crippen molar-refractivity contribution in [2.45, 2.75) is 0 Å². The highest BCUT2D eigenvalue weighted by molar-refractivity contribution is 6.10. The van der Waals surface area contributed by atoms with Crippen LogP contribution in [0.4, 0.5) is 11.4 Å². The molecular weight excluding hydrogens is 905 g/mol. The molecule has 8 nitrogen and oxygen atoms in total. The maximum Gasteiger partial charge on any atom is 0.187 e. The summed E-state index contributed by atoms with van der Waals surface area (Å²) in [5.41, 5.74) is 15.3. The fourth-order valence-electron chi connectivity index (χ4n) is 10.4. The van der Waals surface area contributed by atoms with Gasteiger partial charge in [0.2, 0.25) is 0 Å². The zero-order valence-electron chi connectivity index (χ0n) is 39.5. The van der Waals surface area contributed by atoms with E-state index >= 15 is 0 Å². The average molecular weight is 943 g/mol. The van der Waals surface area contributed by atoms with E-state index in [4.69, 9.17) is 28.1 Å². The van der Waals surface area contributed by atoms with Gasteiger partial charge in [-0.15, -0.1) is 0 Å². The van der Waals surface area contributed by atoms with Gasteiger partial charge >= 0.3 is 0 Å². The summed E-state index contributed by atoms with van der Waals surface area (Å²) in [4.78, 5) is 23.6. The van der Waals surface area contributed by atoms with Crippen LogP contribution in [0.25, 0.3) is 132 Å². The summed E-state index contributed by atoms with van der Waals surface area (Å²) in [5, 5.41) is 14.8. The second-order valence-corrected chi connectivity index (χ2v) is 18.1. The van der Waals surface area contributed by atoms with E-state index in [0.717, 1.165) is 105 Å². The molecular formula is C66H38N8. The van der Waals surface area contributed by atoms with E-state index in [2.05, 4.69) is 158 Å². The predicted molar refractivity (Wildman–Crippen MR) is 298 cm³/mol. The Kier molecular flexibility index (Phi) is 10.5. The molecule has 0 fully saturated rings. The highest BCUT2D eigenvalue weighted by Gasteiger charge is 2.22. The van der Waals surface area contributed by atoms with Gasteiger partial charge in [-0.2, -0.15) is 5.26 Å². The van der Waals surface area contributed by atoms with Gasteiger partial charge in [-0.3, -0.25) is 0 Å². The molecule has 0 N–H and O–H groups in total. The number of aromatic nitrogens is 5. The molecule has 74 heavy (non-hydrogen) atoms. The van der Waals surface area contributed by atoms with Crippen LogP contribution >= 0.6 is 0 Å². The van der Waals surface area contributed by atoms with Gasteiger partial charge < -0.3 is 9.13 Å². The van der Waals surface area contributed by atoms with Gasteiger partial charge in [0.05, 0.1) is 46.8 Å². The summed E-state index contributed by atoms with van der Waals surface area (Å²) < 4.78 is 4.57. The highest BCUT2D eigenvalue weighted by atomic mass is 15.0. The Balaban J connectivity index is 1.06. The van der Waals surface area contributed by atoms with Crippen LogP contribution in [0.2, 0.25) is 0 Å². The third kappa shape index (κ3) is 7.42. The summed E-state index contributed by atoms with van der Waals surface area (Å²) in [7, 11) is 0. The first kappa shape index (κ1) is 43.3. The number of benzene rings is 10. The topological polar surface area (TPSA) is 81.0 Å². The number of hydrogen-bond acceptors (Lipinski definition) is 4. The van der Waals surface area contributed by atoms with Gasteiger partial charge in [0.15, 0.2) is 28.8 Å². The molecule has 0 saturated carbocycles. The van der Waals surface area contributed by atoms with Crippen LogP contribution in [0.3, 0.4) is 0 Å². The lowest BCUT2D eigenvalue weighted by Gasteiger charge is -2.17. The monoisotopic (exact) mass is 942 g/mol. The van der Waals surface area contributed by atoms with Gasteiger partial charge in [-0.1, -0.05) is 146 Å². The highest BCUT2D eigenvalue weighted by Crippen LogP contribution is 2.41. The number of para-hydroxylation sites is 4. The number of nitriles is 1. The molecule has 0 aliphatic rings. The molecule has 3 aromatic heterocycles. The lowest BCUT2D eigenvalue weighted by molar-refractivity contribution is 1.07. The van der Waals surface area contributed by atoms with Crippen molar-refractivity contribution in [1.82, 2.24) is 24.1 Å². The van der Waals surface area contributed by atoms with Gasteiger partial charge in [0, 0.05) is 49.6 Å². The Morgan fingerprint density at radius 3 is 1.22 bits per heavy atom. The minimum atomic E-state index is 0.442. The van der Waals surface area contributed by atoms with Crippen molar-refractivity contribution >= 4 is 55.0 Å². The van der Waals surface area contributed by atoms with Crippen molar-refractivity contribution in [3.63, 3.8) is 0 Å². The lowest BCUT2D eigenvalue weighted by atomic mass is 9.96. The minimum Gasteiger partial charge on any atom is -0.309 e. The molecule has 13 rings (SSSR count). The standard InChI is InChI=1S/C66H38N8/c1-68-48-18-12-15-45(37-48)43-28-30-44(31-29-43)64-70-65(56-34-32-50(39-58(56)46-16-11-14-42(36-46)41-67)73-60-24-7-3-20-52(60)53-21-4-8-25-61(53)73)72-66(71-64)57-35-33-51(40-59(57)47-17-13-19-49(38-47)69-2)74-62-26-9-5-22-54(62)55-23-6-10-27-63(55)74/h3-40H. The van der Waals surface area contributed by atoms with Crippen molar-refractivity contribution in [3.8, 4) is 85.0 Å². The van der Waals surface area contributed by atoms with E-state index in [1.54, 1.807) is 6.07 Å². The Labute approximate surface area is 426 Å². The third-order valence-electron chi connectivity index (χ3n) is 13.8. The first-order valence-electron chi connectivity index (χ1n) is 24.1. The molecule has 0 bridgehead atoms. The maximum atomic E-state index is 10.2. The van der Waals surface area contributed by atoms with E-state index in [-0.39, 0.29) is 0 Å². The molecule has 0 radical (unpaired) electrons. The molecule has 0 unspecified atom stereocenters. The zero-order chi connectivity index (χ0) is 49.7. The SMILES string of the molecule is [C-]#[N+]c1cccc(-c2ccc(-c3nc(-c4ccc(-n5c6ccccc6c6ccccc65)cc4-c4cccc(C#N)c4)nc(-c4ccc(-n5c6ccccc6c6ccccc65)cc4-c4cccc([N+]#[C-])c4)n3)cc2)c1. The summed E-state index contributed by atoms with van der Waals surface area (Å²) in [6, 6.07) is 79.9. The predicted octanol–water partition coefficient (Wildman–Crippen LogP) is 17.0. The molecule has 0 amide bonds. The third-order valence-corrected chi connectivity index (χ3v) is 13.8. The first-order chi connectivity index (χ1) is 36.5. The van der Waals surface area contributed by atoms with Gasteiger partial charge in [-0.05, 0) is 118 Å². The Morgan fingerprint density at radius 1 is 0.338 bits per heavy atom. The summed E-state index contributed by atoms with van der Waals surface area (Å²) in [5.74, 6) is 1.35. The number of rotatable bonds is 8. The van der Waals surface area contributed by atoms with Crippen LogP contribution in [-0.4, -0.2) is 24.1 Å². The summed E-state index contributed by atoms with van der Waals surface area (Å²) >= 11 is 0. The fraction of sp³-hybridized carbons (Fsp3) is 0. The molecule has 13 aromatic rings. The van der Waals surface area contributed by atoms with Gasteiger partial charge in [0.1, 0.15) is 0 Å². The molecule has 8 heteroatoms. The van der Waals surface area contributed by atoms with Crippen LogP contribution < -0.4 is 0 Å². The van der Waals surface area contributed by atoms with Crippen LogP contribution in [0, 0.1) is 24.5 Å². The van der Waals surface area contributed by atoms with E-state index in [0.29, 0.717) is 34.4 Å². The zero-order valence-corrected chi connectivity index (χ0v) is 39.5. The second-order valence-electron chi connectivity index (χ2n) is 18.1. The van der Waals surface area contributed by atoms with Crippen molar-refractivity contribution < 1.29 is 0 Å².